The molecule has 0 aromatic carbocycles. The van der Waals surface area contributed by atoms with Crippen molar-refractivity contribution in [3.05, 3.63) is 0 Å². The molecule has 4 amide bonds. The van der Waals surface area contributed by atoms with E-state index in [1.54, 1.807) is 0 Å². The predicted octanol–water partition coefficient (Wildman–Crippen LogP) is 2.55. The number of urea groups is 2. The van der Waals surface area contributed by atoms with E-state index < -0.39 is 0 Å². The van der Waals surface area contributed by atoms with Crippen LogP contribution in [0.15, 0.2) is 9.98 Å². The first-order valence-corrected chi connectivity index (χ1v) is 18.3. The minimum Gasteiger partial charge on any atom is -0.370 e. The van der Waals surface area contributed by atoms with E-state index in [9.17, 15) is 9.59 Å². The number of aliphatic imine (C=N–C) groups is 2. The van der Waals surface area contributed by atoms with Crippen LogP contribution in [0.4, 0.5) is 9.59 Å². The van der Waals surface area contributed by atoms with E-state index in [0.717, 1.165) is 100 Å². The van der Waals surface area contributed by atoms with E-state index in [4.69, 9.17) is 11.5 Å². The Kier molecular flexibility index (Phi) is 8.88. The molecule has 0 aromatic rings. The molecule has 46 heavy (non-hydrogen) atoms. The van der Waals surface area contributed by atoms with Gasteiger partial charge in [0.1, 0.15) is 0 Å². The van der Waals surface area contributed by atoms with Gasteiger partial charge in [0.15, 0.2) is 11.9 Å². The van der Waals surface area contributed by atoms with E-state index in [2.05, 4.69) is 54.9 Å². The van der Waals surface area contributed by atoms with Gasteiger partial charge in [0.2, 0.25) is 0 Å². The lowest BCUT2D eigenvalue weighted by Gasteiger charge is -2.56. The lowest BCUT2D eigenvalue weighted by Crippen LogP contribution is -2.62. The molecule has 2 atom stereocenters. The lowest BCUT2D eigenvalue weighted by molar-refractivity contribution is -0.0135. The van der Waals surface area contributed by atoms with Crippen molar-refractivity contribution in [1.82, 2.24) is 31.1 Å². The van der Waals surface area contributed by atoms with Gasteiger partial charge in [-0.1, -0.05) is 0 Å². The molecule has 1 aliphatic heterocycles. The van der Waals surface area contributed by atoms with Crippen LogP contribution in [-0.4, -0.2) is 96.2 Å². The third-order valence-electron chi connectivity index (χ3n) is 13.0. The number of piperazine rings is 1. The van der Waals surface area contributed by atoms with E-state index >= 15 is 0 Å². The maximum Gasteiger partial charge on any atom is 0.321 e. The Labute approximate surface area is 274 Å². The molecule has 9 rings (SSSR count). The van der Waals surface area contributed by atoms with Gasteiger partial charge in [-0.2, -0.15) is 0 Å². The predicted molar refractivity (Wildman–Crippen MR) is 180 cm³/mol. The van der Waals surface area contributed by atoms with Crippen LogP contribution in [0.3, 0.4) is 0 Å². The molecule has 0 radical (unpaired) electrons. The highest BCUT2D eigenvalue weighted by Crippen LogP contribution is 2.56. The molecule has 8 aliphatic carbocycles. The molecule has 8 bridgehead atoms. The first-order chi connectivity index (χ1) is 22.0. The van der Waals surface area contributed by atoms with E-state index in [1.807, 2.05) is 0 Å². The van der Waals surface area contributed by atoms with Gasteiger partial charge in [-0.3, -0.25) is 30.4 Å². The highest BCUT2D eigenvalue weighted by Gasteiger charge is 2.52. The number of hydrogen-bond donors (Lipinski definition) is 6. The SMILES string of the molecule is CC(CN=C(N)NC(=O)NC12CC3CC(CC(C3)C1)C2)N1CCN(C(C)CN=C(N)NC(=O)NC23CC4CC(CC(C4)C2)C3)CC1. The van der Waals surface area contributed by atoms with Crippen LogP contribution in [0.1, 0.15) is 90.9 Å². The molecular formula is C34H58N10O2. The molecule has 1 saturated heterocycles. The molecule has 0 aromatic heterocycles. The highest BCUT2D eigenvalue weighted by atomic mass is 16.2. The van der Waals surface area contributed by atoms with Crippen molar-refractivity contribution >= 4 is 24.0 Å². The second-order valence-corrected chi connectivity index (χ2v) is 16.8. The number of nitrogens with zero attached hydrogens (tertiary/aromatic N) is 4. The standard InChI is InChI=1S/C34H58N10O2/c1-21(19-37-29(35)39-31(45)41-33-13-23-7-24(14-33)9-25(8-23)15-33)43-3-5-44(6-4-43)22(2)20-38-30(36)40-32(46)42-34-16-26-10-27(17-34)12-28(11-26)18-34/h21-28H,3-20H2,1-2H3,(H4,35,37,39,41,45)(H4,36,38,40,42,46). The summed E-state index contributed by atoms with van der Waals surface area (Å²) >= 11 is 0. The van der Waals surface area contributed by atoms with Gasteiger partial charge in [0.25, 0.3) is 0 Å². The van der Waals surface area contributed by atoms with Crippen molar-refractivity contribution in [2.24, 2.45) is 57.0 Å². The second-order valence-electron chi connectivity index (χ2n) is 16.8. The minimum atomic E-state index is -0.208. The molecule has 1 heterocycles. The number of nitrogens with one attached hydrogen (secondary N) is 4. The topological polar surface area (TPSA) is 165 Å². The van der Waals surface area contributed by atoms with Crippen LogP contribution < -0.4 is 32.7 Å². The number of guanidine groups is 2. The van der Waals surface area contributed by atoms with E-state index in [-0.39, 0.29) is 47.1 Å². The van der Waals surface area contributed by atoms with Crippen LogP contribution in [0.5, 0.6) is 0 Å². The molecule has 12 heteroatoms. The van der Waals surface area contributed by atoms with E-state index in [0.29, 0.717) is 13.1 Å². The van der Waals surface area contributed by atoms with E-state index in [1.165, 1.54) is 38.5 Å². The van der Waals surface area contributed by atoms with Crippen molar-refractivity contribution in [3.63, 3.8) is 0 Å². The zero-order chi connectivity index (χ0) is 32.1. The van der Waals surface area contributed by atoms with Crippen molar-refractivity contribution < 1.29 is 9.59 Å². The van der Waals surface area contributed by atoms with Gasteiger partial charge in [-0.25, -0.2) is 9.59 Å². The number of amides is 4. The van der Waals surface area contributed by atoms with Crippen molar-refractivity contribution in [2.45, 2.75) is 114 Å². The van der Waals surface area contributed by atoms with Gasteiger partial charge >= 0.3 is 12.1 Å². The third-order valence-corrected chi connectivity index (χ3v) is 13.0. The van der Waals surface area contributed by atoms with Crippen LogP contribution in [-0.2, 0) is 0 Å². The maximum atomic E-state index is 12.8. The first-order valence-electron chi connectivity index (χ1n) is 18.3. The summed E-state index contributed by atoms with van der Waals surface area (Å²) in [6.07, 6.45) is 14.7. The molecule has 0 spiro atoms. The van der Waals surface area contributed by atoms with Crippen LogP contribution in [0.25, 0.3) is 0 Å². The largest absolute Gasteiger partial charge is 0.370 e. The number of carbonyl (C=O) groups is 2. The fourth-order valence-electron chi connectivity index (χ4n) is 11.7. The minimum absolute atomic E-state index is 0.0425. The van der Waals surface area contributed by atoms with Crippen molar-refractivity contribution in [2.75, 3.05) is 39.3 Å². The van der Waals surface area contributed by atoms with Crippen molar-refractivity contribution in [1.29, 1.82) is 0 Å². The second kappa shape index (κ2) is 12.8. The fraction of sp³-hybridized carbons (Fsp3) is 0.882. The van der Waals surface area contributed by atoms with Crippen molar-refractivity contribution in [3.8, 4) is 0 Å². The average molecular weight is 639 g/mol. The monoisotopic (exact) mass is 638 g/mol. The quantitative estimate of drug-likeness (QED) is 0.177. The Bertz CT molecular complexity index is 1050. The summed E-state index contributed by atoms with van der Waals surface area (Å²) < 4.78 is 0. The maximum absolute atomic E-state index is 12.8. The number of hydrogen-bond acceptors (Lipinski definition) is 6. The number of rotatable bonds is 8. The smallest absolute Gasteiger partial charge is 0.321 e. The van der Waals surface area contributed by atoms with Crippen LogP contribution in [0.2, 0.25) is 0 Å². The molecule has 9 aliphatic rings. The third kappa shape index (κ3) is 7.12. The lowest BCUT2D eigenvalue weighted by atomic mass is 9.53. The molecule has 8 saturated carbocycles. The van der Waals surface area contributed by atoms with Gasteiger partial charge in [0.05, 0.1) is 13.1 Å². The molecule has 2 unspecified atom stereocenters. The Balaban J connectivity index is 0.798. The Hall–Kier alpha value is -2.60. The summed E-state index contributed by atoms with van der Waals surface area (Å²) in [5.74, 6) is 5.04. The normalized spacial score (nSPS) is 40.0. The highest BCUT2D eigenvalue weighted by molar-refractivity contribution is 5.96. The molecule has 9 fully saturated rings. The average Bonchev–Trinajstić information content (AvgIpc) is 2.96. The van der Waals surface area contributed by atoms with Crippen LogP contribution >= 0.6 is 0 Å². The zero-order valence-electron chi connectivity index (χ0n) is 28.1. The Morgan fingerprint density at radius 2 is 0.891 bits per heavy atom. The molecule has 256 valence electrons. The van der Waals surface area contributed by atoms with Crippen LogP contribution in [0, 0.1) is 35.5 Å². The van der Waals surface area contributed by atoms with Gasteiger partial charge < -0.3 is 22.1 Å². The van der Waals surface area contributed by atoms with Gasteiger partial charge in [-0.05, 0) is 126 Å². The Morgan fingerprint density at radius 1 is 0.609 bits per heavy atom. The summed E-state index contributed by atoms with van der Waals surface area (Å²) in [4.78, 5) is 39.5. The molecule has 12 nitrogen and oxygen atoms in total. The Morgan fingerprint density at radius 3 is 1.17 bits per heavy atom. The zero-order valence-corrected chi connectivity index (χ0v) is 28.1. The first kappa shape index (κ1) is 32.0. The summed E-state index contributed by atoms with van der Waals surface area (Å²) in [5, 5.41) is 12.2. The number of carbonyl (C=O) groups excluding carboxylic acids is 2. The van der Waals surface area contributed by atoms with Gasteiger partial charge in [0, 0.05) is 49.3 Å². The summed E-state index contributed by atoms with van der Waals surface area (Å²) in [5.41, 5.74) is 12.2. The number of nitrogens with two attached hydrogens (primary N) is 2. The fourth-order valence-corrected chi connectivity index (χ4v) is 11.7. The molecule has 8 N–H and O–H groups in total. The summed E-state index contributed by atoms with van der Waals surface area (Å²) in [6, 6.07) is 0.0177. The van der Waals surface area contributed by atoms with Gasteiger partial charge in [-0.15, -0.1) is 0 Å². The molecular weight excluding hydrogens is 580 g/mol. The summed E-state index contributed by atoms with van der Waals surface area (Å²) in [6.45, 7) is 9.09. The summed E-state index contributed by atoms with van der Waals surface area (Å²) in [7, 11) is 0.